The fourth-order valence-corrected chi connectivity index (χ4v) is 1.88. The van der Waals surface area contributed by atoms with Crippen LogP contribution in [-0.2, 0) is 11.3 Å². The van der Waals surface area contributed by atoms with Crippen LogP contribution in [0.3, 0.4) is 0 Å². The normalized spacial score (nSPS) is 13.3. The van der Waals surface area contributed by atoms with Crippen LogP contribution in [0.1, 0.15) is 45.1 Å². The van der Waals surface area contributed by atoms with E-state index in [1.807, 2.05) is 11.6 Å². The molecule has 0 spiro atoms. The average Bonchev–Trinajstić information content (AvgIpc) is 2.65. The van der Waals surface area contributed by atoms with Gasteiger partial charge in [-0.1, -0.05) is 6.92 Å². The topological polar surface area (TPSA) is 39.1 Å². The molecule has 0 radical (unpaired) electrons. The van der Waals surface area contributed by atoms with Gasteiger partial charge in [-0.3, -0.25) is 4.68 Å². The van der Waals surface area contributed by atoms with Crippen molar-refractivity contribution in [2.45, 2.75) is 53.3 Å². The van der Waals surface area contributed by atoms with E-state index in [0.29, 0.717) is 6.61 Å². The highest BCUT2D eigenvalue weighted by Crippen LogP contribution is 2.15. The Morgan fingerprint density at radius 3 is 2.65 bits per heavy atom. The first-order valence-electron chi connectivity index (χ1n) is 6.47. The first-order valence-corrected chi connectivity index (χ1v) is 6.47. The molecule has 0 saturated heterocycles. The molecular weight excluding hydrogens is 214 g/mol. The van der Waals surface area contributed by atoms with Gasteiger partial charge in [0.2, 0.25) is 0 Å². The van der Waals surface area contributed by atoms with Crippen molar-refractivity contribution in [1.29, 1.82) is 0 Å². The summed E-state index contributed by atoms with van der Waals surface area (Å²) in [6, 6.07) is 2.36. The van der Waals surface area contributed by atoms with Gasteiger partial charge in [-0.2, -0.15) is 5.10 Å². The zero-order valence-electron chi connectivity index (χ0n) is 11.7. The molecule has 0 fully saturated rings. The molecule has 17 heavy (non-hydrogen) atoms. The van der Waals surface area contributed by atoms with Gasteiger partial charge >= 0.3 is 0 Å². The van der Waals surface area contributed by atoms with Crippen LogP contribution in [0.2, 0.25) is 0 Å². The van der Waals surface area contributed by atoms with E-state index in [-0.39, 0.29) is 12.1 Å². The zero-order chi connectivity index (χ0) is 12.8. The molecule has 1 aromatic heterocycles. The van der Waals surface area contributed by atoms with Crippen LogP contribution >= 0.6 is 0 Å². The summed E-state index contributed by atoms with van der Waals surface area (Å²) < 4.78 is 7.76. The lowest BCUT2D eigenvalue weighted by atomic mass is 10.2. The highest BCUT2D eigenvalue weighted by atomic mass is 16.5. The molecule has 0 aliphatic heterocycles. The summed E-state index contributed by atoms with van der Waals surface area (Å²) in [6.45, 7) is 12.9. The predicted molar refractivity (Wildman–Crippen MR) is 70.1 cm³/mol. The molecule has 4 nitrogen and oxygen atoms in total. The van der Waals surface area contributed by atoms with Gasteiger partial charge in [0.15, 0.2) is 0 Å². The summed E-state index contributed by atoms with van der Waals surface area (Å²) in [7, 11) is 0. The molecule has 1 heterocycles. The molecular formula is C13H25N3O. The molecule has 0 amide bonds. The number of ether oxygens (including phenoxy) is 1. The fraction of sp³-hybridized carbons (Fsp3) is 0.769. The Balaban J connectivity index is 2.80. The SMILES string of the molecule is CCNC(COC(C)C)c1cc(C)nn1CC. The predicted octanol–water partition coefficient (Wildman–Crippen LogP) is 2.29. The summed E-state index contributed by atoms with van der Waals surface area (Å²) in [5.74, 6) is 0. The van der Waals surface area contributed by atoms with Crippen LogP contribution in [0.15, 0.2) is 6.07 Å². The Bertz CT molecular complexity index is 333. The van der Waals surface area contributed by atoms with Crippen molar-refractivity contribution in [3.05, 3.63) is 17.5 Å². The van der Waals surface area contributed by atoms with Crippen molar-refractivity contribution in [2.75, 3.05) is 13.2 Å². The van der Waals surface area contributed by atoms with Crippen molar-refractivity contribution in [2.24, 2.45) is 0 Å². The monoisotopic (exact) mass is 239 g/mol. The molecule has 0 aliphatic rings. The number of rotatable bonds is 7. The van der Waals surface area contributed by atoms with Gasteiger partial charge in [-0.15, -0.1) is 0 Å². The van der Waals surface area contributed by atoms with Gasteiger partial charge < -0.3 is 10.1 Å². The minimum atomic E-state index is 0.226. The molecule has 0 bridgehead atoms. The van der Waals surface area contributed by atoms with Crippen molar-refractivity contribution in [3.63, 3.8) is 0 Å². The third-order valence-corrected chi connectivity index (χ3v) is 2.64. The van der Waals surface area contributed by atoms with E-state index in [0.717, 1.165) is 18.8 Å². The zero-order valence-corrected chi connectivity index (χ0v) is 11.7. The van der Waals surface area contributed by atoms with Gasteiger partial charge in [0, 0.05) is 6.54 Å². The fourth-order valence-electron chi connectivity index (χ4n) is 1.88. The molecule has 1 N–H and O–H groups in total. The highest BCUT2D eigenvalue weighted by molar-refractivity contribution is 5.13. The van der Waals surface area contributed by atoms with Crippen molar-refractivity contribution in [3.8, 4) is 0 Å². The van der Waals surface area contributed by atoms with Crippen molar-refractivity contribution >= 4 is 0 Å². The van der Waals surface area contributed by atoms with Crippen LogP contribution < -0.4 is 5.32 Å². The maximum Gasteiger partial charge on any atom is 0.0729 e. The number of nitrogens with zero attached hydrogens (tertiary/aromatic N) is 2. The molecule has 0 saturated carbocycles. The van der Waals surface area contributed by atoms with Crippen LogP contribution in [0, 0.1) is 6.92 Å². The highest BCUT2D eigenvalue weighted by Gasteiger charge is 2.16. The molecule has 98 valence electrons. The van der Waals surface area contributed by atoms with Crippen molar-refractivity contribution < 1.29 is 4.74 Å². The van der Waals surface area contributed by atoms with Crippen LogP contribution in [0.25, 0.3) is 0 Å². The molecule has 0 aliphatic carbocycles. The number of hydrogen-bond acceptors (Lipinski definition) is 3. The third-order valence-electron chi connectivity index (χ3n) is 2.64. The Hall–Kier alpha value is -0.870. The van der Waals surface area contributed by atoms with Gasteiger partial charge in [0.05, 0.1) is 30.1 Å². The number of hydrogen-bond donors (Lipinski definition) is 1. The molecule has 0 aromatic carbocycles. The Morgan fingerprint density at radius 2 is 2.12 bits per heavy atom. The van der Waals surface area contributed by atoms with E-state index in [4.69, 9.17) is 4.74 Å². The number of aryl methyl sites for hydroxylation is 2. The largest absolute Gasteiger partial charge is 0.377 e. The second-order valence-electron chi connectivity index (χ2n) is 4.52. The molecule has 1 atom stereocenters. The number of likely N-dealkylation sites (N-methyl/N-ethyl adjacent to an activating group) is 1. The lowest BCUT2D eigenvalue weighted by Crippen LogP contribution is -2.28. The van der Waals surface area contributed by atoms with E-state index in [2.05, 4.69) is 44.2 Å². The van der Waals surface area contributed by atoms with Crippen LogP contribution in [0.5, 0.6) is 0 Å². The summed E-state index contributed by atoms with van der Waals surface area (Å²) in [6.07, 6.45) is 0.259. The van der Waals surface area contributed by atoms with Gasteiger partial charge in [-0.25, -0.2) is 0 Å². The summed E-state index contributed by atoms with van der Waals surface area (Å²) in [5, 5.41) is 7.94. The van der Waals surface area contributed by atoms with E-state index in [1.165, 1.54) is 5.69 Å². The average molecular weight is 239 g/mol. The Labute approximate surface area is 104 Å². The van der Waals surface area contributed by atoms with Crippen LogP contribution in [0.4, 0.5) is 0 Å². The Kier molecular flexibility index (Phi) is 5.65. The molecule has 1 rings (SSSR count). The van der Waals surface area contributed by atoms with E-state index < -0.39 is 0 Å². The Morgan fingerprint density at radius 1 is 1.41 bits per heavy atom. The third kappa shape index (κ3) is 4.13. The maximum absolute atomic E-state index is 5.72. The van der Waals surface area contributed by atoms with E-state index >= 15 is 0 Å². The lowest BCUT2D eigenvalue weighted by molar-refractivity contribution is 0.0597. The lowest BCUT2D eigenvalue weighted by Gasteiger charge is -2.20. The number of aromatic nitrogens is 2. The summed E-state index contributed by atoms with van der Waals surface area (Å²) in [5.41, 5.74) is 2.28. The summed E-state index contributed by atoms with van der Waals surface area (Å²) >= 11 is 0. The van der Waals surface area contributed by atoms with E-state index in [1.54, 1.807) is 0 Å². The minimum Gasteiger partial charge on any atom is -0.377 e. The molecule has 1 aromatic rings. The first-order chi connectivity index (χ1) is 8.08. The van der Waals surface area contributed by atoms with Gasteiger partial charge in [0.25, 0.3) is 0 Å². The standard InChI is InChI=1S/C13H25N3O/c1-6-14-12(9-17-10(3)4)13-8-11(5)15-16(13)7-2/h8,10,12,14H,6-7,9H2,1-5H3. The second-order valence-corrected chi connectivity index (χ2v) is 4.52. The quantitative estimate of drug-likeness (QED) is 0.793. The second kappa shape index (κ2) is 6.77. The van der Waals surface area contributed by atoms with Crippen molar-refractivity contribution in [1.82, 2.24) is 15.1 Å². The first kappa shape index (κ1) is 14.2. The summed E-state index contributed by atoms with van der Waals surface area (Å²) in [4.78, 5) is 0. The van der Waals surface area contributed by atoms with Gasteiger partial charge in [0.1, 0.15) is 0 Å². The van der Waals surface area contributed by atoms with Crippen LogP contribution in [-0.4, -0.2) is 29.0 Å². The maximum atomic E-state index is 5.72. The molecule has 4 heteroatoms. The van der Waals surface area contributed by atoms with E-state index in [9.17, 15) is 0 Å². The minimum absolute atomic E-state index is 0.226. The molecule has 1 unspecified atom stereocenters. The number of nitrogens with one attached hydrogen (secondary N) is 1. The van der Waals surface area contributed by atoms with Gasteiger partial charge in [-0.05, 0) is 40.3 Å². The smallest absolute Gasteiger partial charge is 0.0729 e.